The van der Waals surface area contributed by atoms with E-state index < -0.39 is 17.6 Å². The largest absolute Gasteiger partial charge is 0.392 e. The summed E-state index contributed by atoms with van der Waals surface area (Å²) in [6, 6.07) is 0. The van der Waals surface area contributed by atoms with Gasteiger partial charge in [-0.3, -0.25) is 0 Å². The van der Waals surface area contributed by atoms with Crippen molar-refractivity contribution >= 4 is 0 Å². The van der Waals surface area contributed by atoms with Gasteiger partial charge >= 0.3 is 0 Å². The van der Waals surface area contributed by atoms with Crippen LogP contribution in [-0.2, 0) is 0 Å². The number of hydrogen-bond acceptors (Lipinski definition) is 3. The Morgan fingerprint density at radius 1 is 1.09 bits per heavy atom. The standard InChI is InChI=1S/C20H32O3/c1-14-6-4-7-15(2)9-10-17-16(13-21)12-20(3,11-5-8-14)19(23)18(17)22/h7-8,12,17-19,21-23H,4-6,9-11,13H2,1-3H3/b14-8+,15-7+/t17-,18-,19-,20-/m0/s1. The first kappa shape index (κ1) is 18.4. The zero-order valence-electron chi connectivity index (χ0n) is 14.8. The molecule has 0 amide bonds. The fraction of sp³-hybridized carbons (Fsp3) is 0.700. The van der Waals surface area contributed by atoms with Crippen LogP contribution in [0.2, 0.25) is 0 Å². The van der Waals surface area contributed by atoms with Crippen molar-refractivity contribution < 1.29 is 15.3 Å². The maximum atomic E-state index is 10.7. The van der Waals surface area contributed by atoms with E-state index in [4.69, 9.17) is 0 Å². The molecule has 3 heteroatoms. The minimum absolute atomic E-state index is 0.0400. The summed E-state index contributed by atoms with van der Waals surface area (Å²) in [6.07, 6.45) is 10.5. The van der Waals surface area contributed by atoms with Crippen molar-refractivity contribution in [3.05, 3.63) is 34.9 Å². The molecule has 0 saturated carbocycles. The van der Waals surface area contributed by atoms with Gasteiger partial charge in [-0.2, -0.15) is 0 Å². The molecule has 3 aliphatic rings. The third-order valence-corrected chi connectivity index (χ3v) is 5.64. The van der Waals surface area contributed by atoms with Gasteiger partial charge in [-0.25, -0.2) is 0 Å². The topological polar surface area (TPSA) is 60.7 Å². The minimum atomic E-state index is -0.798. The predicted molar refractivity (Wildman–Crippen MR) is 94.0 cm³/mol. The van der Waals surface area contributed by atoms with Crippen LogP contribution in [0.1, 0.15) is 59.3 Å². The highest BCUT2D eigenvalue weighted by atomic mass is 16.3. The lowest BCUT2D eigenvalue weighted by Crippen LogP contribution is -2.49. The van der Waals surface area contributed by atoms with Gasteiger partial charge in [0.15, 0.2) is 0 Å². The number of allylic oxidation sites excluding steroid dienone is 4. The van der Waals surface area contributed by atoms with Gasteiger partial charge in [0.05, 0.1) is 18.8 Å². The van der Waals surface area contributed by atoms with Crippen LogP contribution in [0, 0.1) is 11.3 Å². The van der Waals surface area contributed by atoms with E-state index in [-0.39, 0.29) is 12.5 Å². The molecular formula is C20H32O3. The Hall–Kier alpha value is -0.900. The third kappa shape index (κ3) is 4.34. The average molecular weight is 320 g/mol. The summed E-state index contributed by atoms with van der Waals surface area (Å²) in [5, 5.41) is 31.1. The van der Waals surface area contributed by atoms with Gasteiger partial charge in [-0.1, -0.05) is 36.3 Å². The first-order valence-electron chi connectivity index (χ1n) is 8.87. The van der Waals surface area contributed by atoms with E-state index in [0.717, 1.165) is 44.1 Å². The van der Waals surface area contributed by atoms with E-state index in [9.17, 15) is 15.3 Å². The summed E-state index contributed by atoms with van der Waals surface area (Å²) in [4.78, 5) is 0. The molecule has 4 atom stereocenters. The van der Waals surface area contributed by atoms with E-state index in [2.05, 4.69) is 26.0 Å². The van der Waals surface area contributed by atoms with Crippen molar-refractivity contribution in [3.63, 3.8) is 0 Å². The summed E-state index contributed by atoms with van der Waals surface area (Å²) in [5.41, 5.74) is 3.11. The number of rotatable bonds is 1. The van der Waals surface area contributed by atoms with Crippen LogP contribution in [0.3, 0.4) is 0 Å². The van der Waals surface area contributed by atoms with E-state index in [1.54, 1.807) is 0 Å². The molecule has 3 N–H and O–H groups in total. The Labute approximate surface area is 140 Å². The Morgan fingerprint density at radius 2 is 1.74 bits per heavy atom. The molecule has 2 bridgehead atoms. The summed E-state index contributed by atoms with van der Waals surface area (Å²) in [5.74, 6) is -0.147. The third-order valence-electron chi connectivity index (χ3n) is 5.64. The molecule has 3 nitrogen and oxygen atoms in total. The van der Waals surface area contributed by atoms with Crippen LogP contribution in [0.15, 0.2) is 34.9 Å². The normalized spacial score (nSPS) is 41.3. The van der Waals surface area contributed by atoms with E-state index in [0.29, 0.717) is 0 Å². The van der Waals surface area contributed by atoms with Gasteiger partial charge in [0.2, 0.25) is 0 Å². The second-order valence-electron chi connectivity index (χ2n) is 7.64. The molecule has 0 aromatic carbocycles. The molecule has 0 spiro atoms. The van der Waals surface area contributed by atoms with Crippen LogP contribution < -0.4 is 0 Å². The number of hydrogen-bond donors (Lipinski definition) is 3. The van der Waals surface area contributed by atoms with Crippen molar-refractivity contribution in [1.82, 2.24) is 0 Å². The SMILES string of the molecule is C/C1=C\CC[C@@]2(C)C=C(CO)[C@H](CC/C(C)=C/CC1)[C@H](O)[C@@H]2O. The van der Waals surface area contributed by atoms with Crippen molar-refractivity contribution in [2.75, 3.05) is 6.61 Å². The fourth-order valence-corrected chi connectivity index (χ4v) is 3.95. The smallest absolute Gasteiger partial charge is 0.0892 e. The van der Waals surface area contributed by atoms with Crippen molar-refractivity contribution in [2.24, 2.45) is 11.3 Å². The Kier molecular flexibility index (Phi) is 6.24. The van der Waals surface area contributed by atoms with E-state index >= 15 is 0 Å². The highest BCUT2D eigenvalue weighted by Crippen LogP contribution is 2.42. The fourth-order valence-electron chi connectivity index (χ4n) is 3.95. The molecule has 0 radical (unpaired) electrons. The molecular weight excluding hydrogens is 288 g/mol. The zero-order chi connectivity index (χ0) is 17.0. The number of fused-ring (bicyclic) bond motifs is 8. The molecule has 0 aromatic heterocycles. The summed E-state index contributed by atoms with van der Waals surface area (Å²) in [7, 11) is 0. The maximum absolute atomic E-state index is 10.7. The molecule has 0 aliphatic heterocycles. The molecule has 0 aromatic rings. The van der Waals surface area contributed by atoms with Gasteiger partial charge < -0.3 is 15.3 Å². The lowest BCUT2D eigenvalue weighted by Gasteiger charge is -2.43. The van der Waals surface area contributed by atoms with Gasteiger partial charge in [0.1, 0.15) is 0 Å². The van der Waals surface area contributed by atoms with Crippen molar-refractivity contribution in [3.8, 4) is 0 Å². The van der Waals surface area contributed by atoms with Crippen LogP contribution >= 0.6 is 0 Å². The first-order chi connectivity index (χ1) is 10.9. The molecule has 0 unspecified atom stereocenters. The molecule has 3 rings (SSSR count). The highest BCUT2D eigenvalue weighted by molar-refractivity contribution is 5.23. The number of aliphatic hydroxyl groups is 3. The molecule has 23 heavy (non-hydrogen) atoms. The van der Waals surface area contributed by atoms with Crippen molar-refractivity contribution in [1.29, 1.82) is 0 Å². The molecule has 0 fully saturated rings. The number of aliphatic hydroxyl groups excluding tert-OH is 3. The monoisotopic (exact) mass is 320 g/mol. The minimum Gasteiger partial charge on any atom is -0.392 e. The summed E-state index contributed by atoms with van der Waals surface area (Å²) < 4.78 is 0. The van der Waals surface area contributed by atoms with E-state index in [1.165, 1.54) is 11.1 Å². The Balaban J connectivity index is 2.35. The molecule has 3 aliphatic carbocycles. The van der Waals surface area contributed by atoms with Crippen LogP contribution in [0.25, 0.3) is 0 Å². The molecule has 130 valence electrons. The van der Waals surface area contributed by atoms with Crippen molar-refractivity contribution in [2.45, 2.75) is 71.5 Å². The quantitative estimate of drug-likeness (QED) is 0.648. The van der Waals surface area contributed by atoms with Gasteiger partial charge in [0.25, 0.3) is 0 Å². The predicted octanol–water partition coefficient (Wildman–Crippen LogP) is 3.51. The van der Waals surface area contributed by atoms with Crippen LogP contribution in [0.5, 0.6) is 0 Å². The average Bonchev–Trinajstić information content (AvgIpc) is 2.51. The second kappa shape index (κ2) is 7.78. The molecule has 0 saturated heterocycles. The first-order valence-corrected chi connectivity index (χ1v) is 8.87. The second-order valence-corrected chi connectivity index (χ2v) is 7.64. The highest BCUT2D eigenvalue weighted by Gasteiger charge is 2.44. The van der Waals surface area contributed by atoms with Gasteiger partial charge in [0, 0.05) is 11.3 Å². The Bertz CT molecular complexity index is 503. The molecule has 0 heterocycles. The lowest BCUT2D eigenvalue weighted by molar-refractivity contribution is -0.0753. The van der Waals surface area contributed by atoms with Crippen LogP contribution in [-0.4, -0.2) is 34.1 Å². The summed E-state index contributed by atoms with van der Waals surface area (Å²) >= 11 is 0. The van der Waals surface area contributed by atoms with Gasteiger partial charge in [-0.15, -0.1) is 0 Å². The lowest BCUT2D eigenvalue weighted by atomic mass is 9.66. The Morgan fingerprint density at radius 3 is 2.43 bits per heavy atom. The van der Waals surface area contributed by atoms with Crippen LogP contribution in [0.4, 0.5) is 0 Å². The zero-order valence-corrected chi connectivity index (χ0v) is 14.8. The maximum Gasteiger partial charge on any atom is 0.0892 e. The van der Waals surface area contributed by atoms with Gasteiger partial charge in [-0.05, 0) is 57.9 Å². The van der Waals surface area contributed by atoms with E-state index in [1.807, 2.05) is 13.0 Å². The summed E-state index contributed by atoms with van der Waals surface area (Å²) in [6.45, 7) is 6.24.